The third-order valence-electron chi connectivity index (χ3n) is 5.81. The second kappa shape index (κ2) is 6.94. The summed E-state index contributed by atoms with van der Waals surface area (Å²) in [7, 11) is 4.75. The summed E-state index contributed by atoms with van der Waals surface area (Å²) in [6, 6.07) is 9.08. The molecule has 1 saturated heterocycles. The fourth-order valence-corrected chi connectivity index (χ4v) is 4.54. The number of aromatic hydroxyl groups is 2. The van der Waals surface area contributed by atoms with Crippen molar-refractivity contribution in [3.05, 3.63) is 47.0 Å². The van der Waals surface area contributed by atoms with E-state index in [9.17, 15) is 10.2 Å². The highest BCUT2D eigenvalue weighted by Crippen LogP contribution is 2.51. The number of phenolic OH excluding ortho intramolecular Hbond substituents is 2. The Morgan fingerprint density at radius 3 is 2.37 bits per heavy atom. The molecule has 1 fully saturated rings. The number of fused-ring (bicyclic) bond motifs is 2. The second-order valence-corrected chi connectivity index (χ2v) is 7.10. The van der Waals surface area contributed by atoms with Gasteiger partial charge in [-0.1, -0.05) is 6.07 Å². The van der Waals surface area contributed by atoms with Gasteiger partial charge >= 0.3 is 0 Å². The average molecular weight is 372 g/mol. The maximum Gasteiger partial charge on any atom is 0.160 e. The zero-order valence-corrected chi connectivity index (χ0v) is 15.6. The molecule has 27 heavy (non-hydrogen) atoms. The largest absolute Gasteiger partial charge is 0.504 e. The van der Waals surface area contributed by atoms with E-state index in [-0.39, 0.29) is 35.5 Å². The van der Waals surface area contributed by atoms with Crippen LogP contribution in [0.3, 0.4) is 0 Å². The summed E-state index contributed by atoms with van der Waals surface area (Å²) in [4.78, 5) is 0. The first-order valence-corrected chi connectivity index (χ1v) is 8.98. The van der Waals surface area contributed by atoms with E-state index in [1.807, 2.05) is 18.2 Å². The van der Waals surface area contributed by atoms with E-state index < -0.39 is 0 Å². The predicted octanol–water partition coefficient (Wildman–Crippen LogP) is 3.04. The second-order valence-electron chi connectivity index (χ2n) is 7.10. The molecule has 0 radical (unpaired) electrons. The summed E-state index contributed by atoms with van der Waals surface area (Å²) in [6.07, 6.45) is 0.533. The van der Waals surface area contributed by atoms with Crippen molar-refractivity contribution in [3.63, 3.8) is 0 Å². The van der Waals surface area contributed by atoms with Crippen molar-refractivity contribution in [3.8, 4) is 23.0 Å². The lowest BCUT2D eigenvalue weighted by atomic mass is 9.67. The van der Waals surface area contributed by atoms with Crippen molar-refractivity contribution in [2.75, 3.05) is 27.9 Å². The quantitative estimate of drug-likeness (QED) is 0.859. The van der Waals surface area contributed by atoms with E-state index in [1.165, 1.54) is 7.11 Å². The maximum absolute atomic E-state index is 10.4. The molecular formula is C21H24O6. The van der Waals surface area contributed by atoms with Gasteiger partial charge in [-0.3, -0.25) is 0 Å². The van der Waals surface area contributed by atoms with Crippen LogP contribution >= 0.6 is 0 Å². The summed E-state index contributed by atoms with van der Waals surface area (Å²) in [6.45, 7) is 0.573. The van der Waals surface area contributed by atoms with Gasteiger partial charge in [0.1, 0.15) is 0 Å². The molecular weight excluding hydrogens is 348 g/mol. The van der Waals surface area contributed by atoms with Crippen LogP contribution in [0, 0.1) is 11.8 Å². The van der Waals surface area contributed by atoms with Crippen molar-refractivity contribution in [1.29, 1.82) is 0 Å². The highest BCUT2D eigenvalue weighted by Gasteiger charge is 2.47. The van der Waals surface area contributed by atoms with Gasteiger partial charge in [0.25, 0.3) is 0 Å². The Morgan fingerprint density at radius 2 is 1.67 bits per heavy atom. The molecule has 4 atom stereocenters. The molecule has 6 heteroatoms. The van der Waals surface area contributed by atoms with Gasteiger partial charge in [0.2, 0.25) is 0 Å². The third-order valence-corrected chi connectivity index (χ3v) is 5.81. The van der Waals surface area contributed by atoms with Crippen LogP contribution in [0.15, 0.2) is 30.3 Å². The number of phenols is 2. The molecule has 6 nitrogen and oxygen atoms in total. The van der Waals surface area contributed by atoms with Crippen LogP contribution in [0.2, 0.25) is 0 Å². The Morgan fingerprint density at radius 1 is 0.926 bits per heavy atom. The van der Waals surface area contributed by atoms with Crippen LogP contribution in [0.25, 0.3) is 0 Å². The normalized spacial score (nSPS) is 26.3. The van der Waals surface area contributed by atoms with E-state index in [1.54, 1.807) is 26.4 Å². The molecule has 2 aromatic carbocycles. The number of rotatable bonds is 4. The van der Waals surface area contributed by atoms with E-state index >= 15 is 0 Å². The number of hydrogen-bond acceptors (Lipinski definition) is 6. The number of benzene rings is 2. The van der Waals surface area contributed by atoms with Crippen LogP contribution in [0.5, 0.6) is 23.0 Å². The highest BCUT2D eigenvalue weighted by atomic mass is 16.7. The molecule has 144 valence electrons. The maximum atomic E-state index is 10.4. The van der Waals surface area contributed by atoms with Gasteiger partial charge in [-0.15, -0.1) is 0 Å². The molecule has 0 spiro atoms. The Labute approximate surface area is 158 Å². The SMILES string of the molecule is COc1cc([C@H]2c3cc(O)c(OC)cc3C[C@@H]3[C@@H](OC)OC[C@H]23)ccc1O. The number of hydrogen-bond donors (Lipinski definition) is 2. The minimum atomic E-state index is -0.260. The van der Waals surface area contributed by atoms with E-state index in [0.29, 0.717) is 18.1 Å². The lowest BCUT2D eigenvalue weighted by Crippen LogP contribution is -2.33. The lowest BCUT2D eigenvalue weighted by molar-refractivity contribution is -0.110. The summed E-state index contributed by atoms with van der Waals surface area (Å²) < 4.78 is 22.1. The third kappa shape index (κ3) is 2.89. The van der Waals surface area contributed by atoms with Crippen LogP contribution in [-0.2, 0) is 15.9 Å². The molecule has 2 N–H and O–H groups in total. The smallest absolute Gasteiger partial charge is 0.160 e. The summed E-state index contributed by atoms with van der Waals surface area (Å²) >= 11 is 0. The molecule has 0 unspecified atom stereocenters. The van der Waals surface area contributed by atoms with Crippen molar-refractivity contribution in [1.82, 2.24) is 0 Å². The van der Waals surface area contributed by atoms with Crippen LogP contribution in [0.4, 0.5) is 0 Å². The molecule has 4 rings (SSSR count). The molecule has 2 aliphatic rings. The average Bonchev–Trinajstić information content (AvgIpc) is 3.09. The highest BCUT2D eigenvalue weighted by molar-refractivity contribution is 5.53. The Balaban J connectivity index is 1.87. The Bertz CT molecular complexity index is 849. The molecule has 0 aromatic heterocycles. The standard InChI is InChI=1S/C21H24O6/c1-24-18-7-11(4-5-16(18)22)20-13-9-17(23)19(25-2)8-12(13)6-14-15(20)10-27-21(14)26-3/h4-5,7-9,14-15,20-23H,6,10H2,1-3H3/t14-,15-,20-,21-/m0/s1. The monoisotopic (exact) mass is 372 g/mol. The van der Waals surface area contributed by atoms with Crippen molar-refractivity contribution < 1.29 is 29.2 Å². The van der Waals surface area contributed by atoms with Gasteiger partial charge in [0.15, 0.2) is 29.3 Å². The van der Waals surface area contributed by atoms with Gasteiger partial charge in [0.05, 0.1) is 20.8 Å². The predicted molar refractivity (Wildman–Crippen MR) is 98.6 cm³/mol. The van der Waals surface area contributed by atoms with E-state index in [0.717, 1.165) is 23.1 Å². The first kappa shape index (κ1) is 17.9. The van der Waals surface area contributed by atoms with Crippen molar-refractivity contribution in [2.45, 2.75) is 18.6 Å². The zero-order chi connectivity index (χ0) is 19.1. The summed E-state index contributed by atoms with van der Waals surface area (Å²) in [5.74, 6) is 1.49. The van der Waals surface area contributed by atoms with Crippen molar-refractivity contribution in [2.24, 2.45) is 11.8 Å². The molecule has 1 aliphatic heterocycles. The fourth-order valence-electron chi connectivity index (χ4n) is 4.54. The lowest BCUT2D eigenvalue weighted by Gasteiger charge is -2.36. The van der Waals surface area contributed by atoms with Crippen LogP contribution in [0.1, 0.15) is 22.6 Å². The molecule has 2 aromatic rings. The molecule has 1 heterocycles. The first-order chi connectivity index (χ1) is 13.1. The van der Waals surface area contributed by atoms with Gasteiger partial charge in [0, 0.05) is 24.9 Å². The molecule has 0 amide bonds. The Hall–Kier alpha value is -2.44. The van der Waals surface area contributed by atoms with Gasteiger partial charge in [-0.25, -0.2) is 0 Å². The van der Waals surface area contributed by atoms with E-state index in [2.05, 4.69) is 0 Å². The van der Waals surface area contributed by atoms with Gasteiger partial charge in [-0.2, -0.15) is 0 Å². The number of methoxy groups -OCH3 is 3. The van der Waals surface area contributed by atoms with E-state index in [4.69, 9.17) is 18.9 Å². The van der Waals surface area contributed by atoms with Gasteiger partial charge < -0.3 is 29.2 Å². The van der Waals surface area contributed by atoms with Crippen LogP contribution < -0.4 is 9.47 Å². The Kier molecular flexibility index (Phi) is 4.61. The minimum Gasteiger partial charge on any atom is -0.504 e. The molecule has 0 saturated carbocycles. The van der Waals surface area contributed by atoms with Crippen molar-refractivity contribution >= 4 is 0 Å². The molecule has 0 bridgehead atoms. The minimum absolute atomic E-state index is 0.00907. The number of ether oxygens (including phenoxy) is 4. The zero-order valence-electron chi connectivity index (χ0n) is 15.6. The van der Waals surface area contributed by atoms with Gasteiger partial charge in [-0.05, 0) is 47.4 Å². The fraction of sp³-hybridized carbons (Fsp3) is 0.429. The topological polar surface area (TPSA) is 77.4 Å². The van der Waals surface area contributed by atoms with Crippen LogP contribution in [-0.4, -0.2) is 44.4 Å². The molecule has 1 aliphatic carbocycles. The summed E-state index contributed by atoms with van der Waals surface area (Å²) in [5.41, 5.74) is 3.16. The first-order valence-electron chi connectivity index (χ1n) is 8.98. The summed E-state index contributed by atoms with van der Waals surface area (Å²) in [5, 5.41) is 20.4.